The van der Waals surface area contributed by atoms with E-state index >= 15 is 0 Å². The van der Waals surface area contributed by atoms with Crippen LogP contribution < -0.4 is 0 Å². The number of aliphatic hydroxyl groups is 2. The zero-order valence-corrected chi connectivity index (χ0v) is 23.2. The van der Waals surface area contributed by atoms with Crippen LogP contribution in [0.15, 0.2) is 24.3 Å². The standard InChI is InChI=1S/C29H38O11/c1-15(30)16-7-5-6-8-20(32)37-18-11-19-29(14-36-29)27(18,4)28(10-9-25(2)21(39-25)22(28)38-19)13-35-24(33)23-26(3,40-23)17(31)12-34-16/h5-8,15-19,21-23,30-31H,9-14H2,1-4H3/b7-5+,8-6-/t15-,16-,17+,18-,19-,21+,22-,23-,25-,26-,27-,28-,29+/m1/s1. The molecule has 2 bridgehead atoms. The van der Waals surface area contributed by atoms with Gasteiger partial charge in [-0.15, -0.1) is 0 Å². The van der Waals surface area contributed by atoms with Gasteiger partial charge in [-0.05, 0) is 33.6 Å². The van der Waals surface area contributed by atoms with Crippen molar-refractivity contribution in [1.29, 1.82) is 0 Å². The molecule has 2 aliphatic carbocycles. The van der Waals surface area contributed by atoms with E-state index in [0.717, 1.165) is 6.42 Å². The van der Waals surface area contributed by atoms with Gasteiger partial charge in [-0.3, -0.25) is 0 Å². The minimum absolute atomic E-state index is 0.0139. The number of carbonyl (C=O) groups is 2. The van der Waals surface area contributed by atoms with E-state index in [1.807, 2.05) is 0 Å². The molecule has 0 unspecified atom stereocenters. The lowest BCUT2D eigenvalue weighted by molar-refractivity contribution is -0.251. The fourth-order valence-electron chi connectivity index (χ4n) is 8.09. The minimum Gasteiger partial charge on any atom is -0.463 e. The molecule has 2 N–H and O–H groups in total. The second kappa shape index (κ2) is 8.59. The lowest BCUT2D eigenvalue weighted by Gasteiger charge is -2.58. The molecule has 13 atom stereocenters. The Kier molecular flexibility index (Phi) is 5.80. The summed E-state index contributed by atoms with van der Waals surface area (Å²) in [5.41, 5.74) is -3.54. The molecule has 4 saturated heterocycles. The van der Waals surface area contributed by atoms with E-state index in [2.05, 4.69) is 13.8 Å². The summed E-state index contributed by atoms with van der Waals surface area (Å²) in [6.07, 6.45) is 2.83. The maximum Gasteiger partial charge on any atom is 0.338 e. The highest BCUT2D eigenvalue weighted by atomic mass is 16.7. The van der Waals surface area contributed by atoms with Crippen LogP contribution in [0.2, 0.25) is 0 Å². The molecule has 6 fully saturated rings. The number of esters is 2. The summed E-state index contributed by atoms with van der Waals surface area (Å²) in [4.78, 5) is 26.4. The molecule has 0 radical (unpaired) electrons. The normalized spacial score (nSPS) is 57.2. The van der Waals surface area contributed by atoms with Crippen LogP contribution in [0.4, 0.5) is 0 Å². The predicted octanol–water partition coefficient (Wildman–Crippen LogP) is 0.736. The summed E-state index contributed by atoms with van der Waals surface area (Å²) >= 11 is 0. The predicted molar refractivity (Wildman–Crippen MR) is 135 cm³/mol. The van der Waals surface area contributed by atoms with Crippen molar-refractivity contribution in [3.8, 4) is 0 Å². The molecular weight excluding hydrogens is 524 g/mol. The molecule has 0 aromatic rings. The SMILES string of the molecule is C[C@@H](O)[C@H]1/C=C/C=C\C(=O)O[C@@H]2C[C@H]3O[C@@H]4[C@@H]5O[C@]5(C)CC[C@]4(COC(=O)[C@H]4O[C@]4(C)[C@@H](O)CO1)[C@]2(C)[C@]31CO1. The van der Waals surface area contributed by atoms with Gasteiger partial charge in [0.15, 0.2) is 6.10 Å². The average molecular weight is 563 g/mol. The highest BCUT2D eigenvalue weighted by Crippen LogP contribution is 2.75. The number of hydrogen-bond donors (Lipinski definition) is 2. The average Bonchev–Trinajstić information content (AvgIpc) is 3.81. The van der Waals surface area contributed by atoms with Gasteiger partial charge in [0.05, 0.1) is 42.5 Å². The molecule has 220 valence electrons. The Morgan fingerprint density at radius 2 is 1.80 bits per heavy atom. The van der Waals surface area contributed by atoms with Gasteiger partial charge >= 0.3 is 11.9 Å². The van der Waals surface area contributed by atoms with E-state index in [1.54, 1.807) is 26.0 Å². The van der Waals surface area contributed by atoms with Crippen LogP contribution in [0.1, 0.15) is 47.0 Å². The smallest absolute Gasteiger partial charge is 0.338 e. The van der Waals surface area contributed by atoms with Gasteiger partial charge in [0.1, 0.15) is 42.2 Å². The van der Waals surface area contributed by atoms with Crippen LogP contribution in [-0.2, 0) is 42.7 Å². The molecule has 5 heterocycles. The molecule has 0 amide bonds. The van der Waals surface area contributed by atoms with E-state index in [1.165, 1.54) is 12.2 Å². The van der Waals surface area contributed by atoms with Crippen molar-refractivity contribution in [1.82, 2.24) is 0 Å². The quantitative estimate of drug-likeness (QED) is 0.344. The fraction of sp³-hybridized carbons (Fsp3) is 0.793. The van der Waals surface area contributed by atoms with Crippen molar-refractivity contribution >= 4 is 11.9 Å². The van der Waals surface area contributed by atoms with Crippen molar-refractivity contribution < 1.29 is 53.0 Å². The third-order valence-corrected chi connectivity index (χ3v) is 11.1. The Labute approximate surface area is 232 Å². The number of aliphatic hydroxyl groups excluding tert-OH is 2. The van der Waals surface area contributed by atoms with Crippen LogP contribution in [0, 0.1) is 10.8 Å². The largest absolute Gasteiger partial charge is 0.463 e. The van der Waals surface area contributed by atoms with E-state index in [4.69, 9.17) is 33.2 Å². The number of epoxide rings is 3. The monoisotopic (exact) mass is 562 g/mol. The van der Waals surface area contributed by atoms with Crippen LogP contribution in [-0.4, -0.2) is 108 Å². The van der Waals surface area contributed by atoms with E-state index in [0.29, 0.717) is 19.4 Å². The summed E-state index contributed by atoms with van der Waals surface area (Å²) in [5, 5.41) is 20.9. The molecule has 7 rings (SSSR count). The van der Waals surface area contributed by atoms with Crippen LogP contribution in [0.3, 0.4) is 0 Å². The number of hydrogen-bond acceptors (Lipinski definition) is 11. The number of rotatable bonds is 1. The summed E-state index contributed by atoms with van der Waals surface area (Å²) in [7, 11) is 0. The number of carbonyl (C=O) groups excluding carboxylic acids is 2. The van der Waals surface area contributed by atoms with Gasteiger partial charge in [-0.25, -0.2) is 9.59 Å². The number of cyclic esters (lactones) is 1. The Morgan fingerprint density at radius 1 is 1.02 bits per heavy atom. The first-order valence-electron chi connectivity index (χ1n) is 14.3. The third-order valence-electron chi connectivity index (χ3n) is 11.1. The molecule has 11 heteroatoms. The van der Waals surface area contributed by atoms with Gasteiger partial charge in [0.2, 0.25) is 0 Å². The fourth-order valence-corrected chi connectivity index (χ4v) is 8.09. The molecule has 0 aromatic carbocycles. The number of ether oxygens (including phenoxy) is 7. The van der Waals surface area contributed by atoms with Crippen molar-refractivity contribution in [3.63, 3.8) is 0 Å². The Bertz CT molecular complexity index is 1160. The van der Waals surface area contributed by atoms with Crippen molar-refractivity contribution in [2.75, 3.05) is 19.8 Å². The van der Waals surface area contributed by atoms with E-state index < -0.39 is 64.5 Å². The zero-order valence-electron chi connectivity index (χ0n) is 23.2. The second-order valence-corrected chi connectivity index (χ2v) is 13.2. The van der Waals surface area contributed by atoms with E-state index in [9.17, 15) is 19.8 Å². The molecule has 0 aromatic heterocycles. The van der Waals surface area contributed by atoms with Gasteiger partial charge in [-0.2, -0.15) is 0 Å². The maximum atomic E-state index is 13.4. The summed E-state index contributed by atoms with van der Waals surface area (Å²) < 4.78 is 42.6. The minimum atomic E-state index is -1.18. The molecular formula is C29H38O11. The first-order valence-corrected chi connectivity index (χ1v) is 14.3. The zero-order chi connectivity index (χ0) is 28.3. The summed E-state index contributed by atoms with van der Waals surface area (Å²) in [5.74, 6) is -1.10. The first-order chi connectivity index (χ1) is 18.9. The van der Waals surface area contributed by atoms with Gasteiger partial charge in [0.25, 0.3) is 0 Å². The number of fused-ring (bicyclic) bond motifs is 3. The van der Waals surface area contributed by atoms with Crippen molar-refractivity contribution in [2.45, 2.75) is 113 Å². The highest BCUT2D eigenvalue weighted by Gasteiger charge is 2.86. The van der Waals surface area contributed by atoms with Gasteiger partial charge in [-0.1, -0.05) is 25.2 Å². The molecule has 2 spiro atoms. The van der Waals surface area contributed by atoms with Crippen LogP contribution in [0.25, 0.3) is 0 Å². The topological polar surface area (TPSA) is 149 Å². The van der Waals surface area contributed by atoms with Crippen LogP contribution >= 0.6 is 0 Å². The van der Waals surface area contributed by atoms with Crippen molar-refractivity contribution in [2.24, 2.45) is 10.8 Å². The Morgan fingerprint density at radius 3 is 2.52 bits per heavy atom. The van der Waals surface area contributed by atoms with Gasteiger partial charge in [0, 0.05) is 17.9 Å². The van der Waals surface area contributed by atoms with Crippen LogP contribution in [0.5, 0.6) is 0 Å². The molecule has 40 heavy (non-hydrogen) atoms. The highest BCUT2D eigenvalue weighted by molar-refractivity contribution is 5.82. The molecule has 5 aliphatic heterocycles. The van der Waals surface area contributed by atoms with E-state index in [-0.39, 0.29) is 37.1 Å². The van der Waals surface area contributed by atoms with Gasteiger partial charge < -0.3 is 43.4 Å². The Balaban J connectivity index is 1.25. The Hall–Kier alpha value is -1.86. The van der Waals surface area contributed by atoms with Crippen molar-refractivity contribution in [3.05, 3.63) is 24.3 Å². The third kappa shape index (κ3) is 3.55. The first kappa shape index (κ1) is 27.0. The summed E-state index contributed by atoms with van der Waals surface area (Å²) in [6.45, 7) is 7.67. The molecule has 2 saturated carbocycles. The molecule has 11 nitrogen and oxygen atoms in total. The lowest BCUT2D eigenvalue weighted by atomic mass is 9.50. The number of allylic oxidation sites excluding steroid dienone is 2. The maximum absolute atomic E-state index is 13.4. The lowest BCUT2D eigenvalue weighted by Crippen LogP contribution is -2.69. The molecule has 7 aliphatic rings. The summed E-state index contributed by atoms with van der Waals surface area (Å²) in [6, 6.07) is 0. The second-order valence-electron chi connectivity index (χ2n) is 13.2.